The van der Waals surface area contributed by atoms with Crippen LogP contribution >= 0.6 is 0 Å². The van der Waals surface area contributed by atoms with E-state index in [4.69, 9.17) is 9.47 Å². The van der Waals surface area contributed by atoms with E-state index in [1.807, 2.05) is 0 Å². The molecule has 4 aliphatic carbocycles. The summed E-state index contributed by atoms with van der Waals surface area (Å²) in [7, 11) is 3.12. The Hall–Kier alpha value is -3.16. The van der Waals surface area contributed by atoms with E-state index >= 15 is 0 Å². The molecule has 7 rings (SSSR count). The molecule has 0 radical (unpaired) electrons. The Kier molecular flexibility index (Phi) is 5.85. The minimum absolute atomic E-state index is 0.0688. The molecule has 1 aromatic carbocycles. The molecule has 8 nitrogen and oxygen atoms in total. The first-order valence-electron chi connectivity index (χ1n) is 13.1. The number of amides is 2. The molecule has 36 heavy (non-hydrogen) atoms. The molecule has 190 valence electrons. The quantitative estimate of drug-likeness (QED) is 0.651. The van der Waals surface area contributed by atoms with Crippen LogP contribution in [-0.2, 0) is 17.8 Å². The predicted molar refractivity (Wildman–Crippen MR) is 134 cm³/mol. The van der Waals surface area contributed by atoms with Crippen molar-refractivity contribution in [3.8, 4) is 11.5 Å². The van der Waals surface area contributed by atoms with Gasteiger partial charge < -0.3 is 19.7 Å². The normalized spacial score (nSPS) is 27.9. The van der Waals surface area contributed by atoms with Gasteiger partial charge in [-0.3, -0.25) is 9.59 Å². The van der Waals surface area contributed by atoms with Gasteiger partial charge in [-0.1, -0.05) is 0 Å². The lowest BCUT2D eigenvalue weighted by atomic mass is 9.49. The van der Waals surface area contributed by atoms with Crippen molar-refractivity contribution in [2.45, 2.75) is 57.9 Å². The molecule has 2 heterocycles. The number of hydrogen-bond donors (Lipinski definition) is 1. The lowest BCUT2D eigenvalue weighted by Crippen LogP contribution is -2.47. The molecule has 0 spiro atoms. The van der Waals surface area contributed by atoms with Crippen LogP contribution in [0.4, 0.5) is 5.82 Å². The van der Waals surface area contributed by atoms with Gasteiger partial charge >= 0.3 is 0 Å². The third kappa shape index (κ3) is 4.20. The third-order valence-corrected chi connectivity index (χ3v) is 8.89. The van der Waals surface area contributed by atoms with Crippen molar-refractivity contribution in [1.82, 2.24) is 14.9 Å². The maximum absolute atomic E-state index is 13.3. The highest BCUT2D eigenvalue weighted by Gasteiger charge is 2.51. The monoisotopic (exact) mass is 490 g/mol. The number of nitrogens with zero attached hydrogens (tertiary/aromatic N) is 3. The average molecular weight is 491 g/mol. The number of ether oxygens (including phenoxy) is 2. The Morgan fingerprint density at radius 2 is 1.78 bits per heavy atom. The highest BCUT2D eigenvalue weighted by Crippen LogP contribution is 2.61. The van der Waals surface area contributed by atoms with E-state index in [1.165, 1.54) is 44.9 Å². The van der Waals surface area contributed by atoms with Crippen LogP contribution in [0.3, 0.4) is 0 Å². The van der Waals surface area contributed by atoms with Gasteiger partial charge in [-0.05, 0) is 80.2 Å². The standard InChI is InChI=1S/C28H34N4O4/c1-35-20-3-4-22(24(10-20)36-2)27(34)32-6-5-21-23(15-32)29-16-30-26(21)31-25(33)14-28-11-17-7-18(12-28)9-19(8-17)13-28/h3-4,10,16-19H,5-9,11-15H2,1-2H3,(H,29,30,31,33). The number of hydrogen-bond acceptors (Lipinski definition) is 6. The highest BCUT2D eigenvalue weighted by molar-refractivity contribution is 5.97. The molecule has 0 unspecified atom stereocenters. The second-order valence-electron chi connectivity index (χ2n) is 11.3. The number of aromatic nitrogens is 2. The van der Waals surface area contributed by atoms with Crippen molar-refractivity contribution in [3.63, 3.8) is 0 Å². The summed E-state index contributed by atoms with van der Waals surface area (Å²) in [5.41, 5.74) is 2.39. The van der Waals surface area contributed by atoms with Gasteiger partial charge in [-0.2, -0.15) is 0 Å². The number of rotatable bonds is 6. The Labute approximate surface area is 211 Å². The summed E-state index contributed by atoms with van der Waals surface area (Å²) in [4.78, 5) is 37.1. The number of methoxy groups -OCH3 is 2. The molecule has 1 aliphatic heterocycles. The maximum Gasteiger partial charge on any atom is 0.257 e. The van der Waals surface area contributed by atoms with Gasteiger partial charge in [0.05, 0.1) is 32.0 Å². The molecule has 5 aliphatic rings. The van der Waals surface area contributed by atoms with Crippen LogP contribution < -0.4 is 14.8 Å². The van der Waals surface area contributed by atoms with Crippen LogP contribution in [0.15, 0.2) is 24.5 Å². The van der Waals surface area contributed by atoms with Crippen LogP contribution in [0.25, 0.3) is 0 Å². The minimum Gasteiger partial charge on any atom is -0.497 e. The number of fused-ring (bicyclic) bond motifs is 1. The molecule has 2 aromatic rings. The second kappa shape index (κ2) is 9.05. The van der Waals surface area contributed by atoms with E-state index in [1.54, 1.807) is 37.3 Å². The Morgan fingerprint density at radius 3 is 2.44 bits per heavy atom. The fraction of sp³-hybridized carbons (Fsp3) is 0.571. The van der Waals surface area contributed by atoms with Crippen molar-refractivity contribution in [1.29, 1.82) is 0 Å². The summed E-state index contributed by atoms with van der Waals surface area (Å²) in [5, 5.41) is 3.12. The second-order valence-corrected chi connectivity index (χ2v) is 11.3. The lowest BCUT2D eigenvalue weighted by Gasteiger charge is -2.56. The molecule has 1 N–H and O–H groups in total. The van der Waals surface area contributed by atoms with Gasteiger partial charge in [0, 0.05) is 24.6 Å². The molecule has 1 aromatic heterocycles. The molecule has 4 bridgehead atoms. The van der Waals surface area contributed by atoms with E-state index in [0.717, 1.165) is 29.0 Å². The molecule has 4 fully saturated rings. The van der Waals surface area contributed by atoms with Crippen LogP contribution in [-0.4, -0.2) is 47.4 Å². The van der Waals surface area contributed by atoms with Crippen LogP contribution in [0.2, 0.25) is 0 Å². The lowest BCUT2D eigenvalue weighted by molar-refractivity contribution is -0.124. The fourth-order valence-corrected chi connectivity index (χ4v) is 7.80. The van der Waals surface area contributed by atoms with Crippen LogP contribution in [0, 0.1) is 23.2 Å². The first-order valence-corrected chi connectivity index (χ1v) is 13.1. The predicted octanol–water partition coefficient (Wildman–Crippen LogP) is 4.24. The van der Waals surface area contributed by atoms with E-state index in [2.05, 4.69) is 15.3 Å². The minimum atomic E-state index is -0.119. The van der Waals surface area contributed by atoms with Crippen molar-refractivity contribution in [3.05, 3.63) is 41.3 Å². The van der Waals surface area contributed by atoms with Crippen molar-refractivity contribution in [2.24, 2.45) is 23.2 Å². The largest absolute Gasteiger partial charge is 0.497 e. The number of carbonyl (C=O) groups is 2. The zero-order chi connectivity index (χ0) is 24.9. The first-order chi connectivity index (χ1) is 17.4. The zero-order valence-corrected chi connectivity index (χ0v) is 21.1. The molecular weight excluding hydrogens is 456 g/mol. The Morgan fingerprint density at radius 1 is 1.06 bits per heavy atom. The molecule has 2 amide bonds. The topological polar surface area (TPSA) is 93.6 Å². The highest BCUT2D eigenvalue weighted by atomic mass is 16.5. The van der Waals surface area contributed by atoms with Gasteiger partial charge in [0.15, 0.2) is 0 Å². The van der Waals surface area contributed by atoms with Crippen molar-refractivity contribution < 1.29 is 19.1 Å². The number of nitrogens with one attached hydrogen (secondary N) is 1. The van der Waals surface area contributed by atoms with Gasteiger partial charge in [0.25, 0.3) is 5.91 Å². The Bertz CT molecular complexity index is 1160. The van der Waals surface area contributed by atoms with Gasteiger partial charge in [-0.15, -0.1) is 0 Å². The summed E-state index contributed by atoms with van der Waals surface area (Å²) in [6.45, 7) is 0.885. The van der Waals surface area contributed by atoms with E-state index in [-0.39, 0.29) is 17.2 Å². The summed E-state index contributed by atoms with van der Waals surface area (Å²) in [6.07, 6.45) is 10.4. The molecule has 0 saturated heterocycles. The van der Waals surface area contributed by atoms with Gasteiger partial charge in [0.1, 0.15) is 23.6 Å². The zero-order valence-electron chi connectivity index (χ0n) is 21.1. The summed E-state index contributed by atoms with van der Waals surface area (Å²) in [5.74, 6) is 4.13. The molecule has 4 saturated carbocycles. The Balaban J connectivity index is 1.15. The van der Waals surface area contributed by atoms with E-state index < -0.39 is 0 Å². The molecule has 8 heteroatoms. The number of carbonyl (C=O) groups excluding carboxylic acids is 2. The van der Waals surface area contributed by atoms with Crippen LogP contribution in [0.5, 0.6) is 11.5 Å². The average Bonchev–Trinajstić information content (AvgIpc) is 2.86. The van der Waals surface area contributed by atoms with Crippen molar-refractivity contribution in [2.75, 3.05) is 26.1 Å². The number of benzene rings is 1. The van der Waals surface area contributed by atoms with Crippen LogP contribution in [0.1, 0.15) is 66.6 Å². The van der Waals surface area contributed by atoms with Crippen molar-refractivity contribution >= 4 is 17.6 Å². The summed E-state index contributed by atoms with van der Waals surface area (Å²) >= 11 is 0. The summed E-state index contributed by atoms with van der Waals surface area (Å²) in [6, 6.07) is 5.20. The first kappa shape index (κ1) is 23.3. The number of anilines is 1. The fourth-order valence-electron chi connectivity index (χ4n) is 7.80. The molecular formula is C28H34N4O4. The van der Waals surface area contributed by atoms with Gasteiger partial charge in [-0.25, -0.2) is 9.97 Å². The molecule has 0 atom stereocenters. The van der Waals surface area contributed by atoms with E-state index in [0.29, 0.717) is 48.8 Å². The summed E-state index contributed by atoms with van der Waals surface area (Å²) < 4.78 is 10.7. The van der Waals surface area contributed by atoms with E-state index in [9.17, 15) is 9.59 Å². The smallest absolute Gasteiger partial charge is 0.257 e. The maximum atomic E-state index is 13.3. The third-order valence-electron chi connectivity index (χ3n) is 8.89. The van der Waals surface area contributed by atoms with Gasteiger partial charge in [0.2, 0.25) is 5.91 Å². The SMILES string of the molecule is COc1ccc(C(=O)N2CCc3c(ncnc3NC(=O)CC34CC5CC(CC(C5)C3)C4)C2)c(OC)c1.